The van der Waals surface area contributed by atoms with Crippen LogP contribution in [0.4, 0.5) is 17.6 Å². The Hall–Kier alpha value is -3.28. The van der Waals surface area contributed by atoms with Gasteiger partial charge in [0.05, 0.1) is 26.0 Å². The predicted molar refractivity (Wildman–Crippen MR) is 159 cm³/mol. The van der Waals surface area contributed by atoms with E-state index in [4.69, 9.17) is 14.7 Å². The highest BCUT2D eigenvalue weighted by atomic mass is 16.5. The summed E-state index contributed by atoms with van der Waals surface area (Å²) in [6, 6.07) is 13.7. The van der Waals surface area contributed by atoms with Crippen LogP contribution in [0.1, 0.15) is 44.4 Å². The minimum Gasteiger partial charge on any atom is -0.378 e. The monoisotopic (exact) mass is 548 g/mol. The molecule has 216 valence electrons. The number of hydrogen-bond acceptors (Lipinski definition) is 10. The number of hydrogen-bond donors (Lipinski definition) is 3. The molecule has 4 heterocycles. The lowest BCUT2D eigenvalue weighted by molar-refractivity contribution is 0.122. The van der Waals surface area contributed by atoms with Gasteiger partial charge in [-0.05, 0) is 31.4 Å². The van der Waals surface area contributed by atoms with Gasteiger partial charge in [0.15, 0.2) is 0 Å². The van der Waals surface area contributed by atoms with Crippen LogP contribution >= 0.6 is 0 Å². The van der Waals surface area contributed by atoms with Crippen molar-refractivity contribution in [1.82, 2.24) is 35.2 Å². The topological polar surface area (TPSA) is 108 Å². The number of rotatable bonds is 13. The second kappa shape index (κ2) is 14.4. The Morgan fingerprint density at radius 2 is 1.82 bits per heavy atom. The molecule has 0 radical (unpaired) electrons. The fraction of sp³-hybridized carbons (Fsp3) is 0.586. The Labute approximate surface area is 237 Å². The molecule has 0 unspecified atom stereocenters. The van der Waals surface area contributed by atoms with Gasteiger partial charge >= 0.3 is 0 Å². The third kappa shape index (κ3) is 8.61. The first-order valence-electron chi connectivity index (χ1n) is 14.7. The summed E-state index contributed by atoms with van der Waals surface area (Å²) in [6.45, 7) is 12.9. The zero-order valence-electron chi connectivity index (χ0n) is 23.9. The van der Waals surface area contributed by atoms with Crippen molar-refractivity contribution in [2.24, 2.45) is 0 Å². The normalized spacial score (nSPS) is 16.9. The fourth-order valence-corrected chi connectivity index (χ4v) is 5.16. The molecule has 3 aromatic rings. The average molecular weight is 549 g/mol. The number of aryl methyl sites for hydroxylation is 1. The summed E-state index contributed by atoms with van der Waals surface area (Å²) < 4.78 is 7.47. The highest BCUT2D eigenvalue weighted by molar-refractivity contribution is 5.54. The van der Waals surface area contributed by atoms with Gasteiger partial charge in [-0.1, -0.05) is 49.4 Å². The summed E-state index contributed by atoms with van der Waals surface area (Å²) >= 11 is 0. The van der Waals surface area contributed by atoms with Crippen LogP contribution in [0.25, 0.3) is 0 Å². The van der Waals surface area contributed by atoms with E-state index < -0.39 is 0 Å². The summed E-state index contributed by atoms with van der Waals surface area (Å²) in [5.41, 5.74) is 2.25. The number of nitrogens with one attached hydrogen (secondary N) is 3. The van der Waals surface area contributed by atoms with Gasteiger partial charge in [0, 0.05) is 57.4 Å². The summed E-state index contributed by atoms with van der Waals surface area (Å²) in [5.74, 6) is 2.39. The maximum absolute atomic E-state index is 5.57. The first-order chi connectivity index (χ1) is 19.6. The second-order valence-corrected chi connectivity index (χ2v) is 11.0. The number of aromatic nitrogens is 5. The minimum atomic E-state index is 0.386. The van der Waals surface area contributed by atoms with Crippen molar-refractivity contribution in [1.29, 1.82) is 0 Å². The molecule has 5 rings (SSSR count). The van der Waals surface area contributed by atoms with Crippen LogP contribution < -0.4 is 20.9 Å². The molecule has 3 N–H and O–H groups in total. The van der Waals surface area contributed by atoms with Crippen molar-refractivity contribution >= 4 is 17.6 Å². The number of nitrogens with zero attached hydrogens (tertiary/aromatic N) is 7. The molecule has 0 spiro atoms. The predicted octanol–water partition coefficient (Wildman–Crippen LogP) is 2.98. The van der Waals surface area contributed by atoms with E-state index in [-0.39, 0.29) is 0 Å². The van der Waals surface area contributed by atoms with E-state index in [1.54, 1.807) is 0 Å². The largest absolute Gasteiger partial charge is 0.378 e. The van der Waals surface area contributed by atoms with E-state index in [0.29, 0.717) is 37.8 Å². The first kappa shape index (κ1) is 28.3. The molecule has 2 saturated heterocycles. The smallest absolute Gasteiger partial charge is 0.226 e. The molecule has 40 heavy (non-hydrogen) atoms. The van der Waals surface area contributed by atoms with Gasteiger partial charge < -0.3 is 25.6 Å². The van der Waals surface area contributed by atoms with E-state index >= 15 is 0 Å². The number of anilines is 3. The number of piperidine rings is 1. The van der Waals surface area contributed by atoms with Crippen LogP contribution in [0.5, 0.6) is 0 Å². The Morgan fingerprint density at radius 3 is 2.60 bits per heavy atom. The SMILES string of the molecule is CC(C)NCCCn1cc(CNc2nc(NC3CCN(Cc4ccccc4)CC3)cc(N3CCOCC3)n2)nn1. The quantitative estimate of drug-likeness (QED) is 0.276. The van der Waals surface area contributed by atoms with Crippen molar-refractivity contribution < 1.29 is 4.74 Å². The summed E-state index contributed by atoms with van der Waals surface area (Å²) in [4.78, 5) is 14.5. The van der Waals surface area contributed by atoms with Crippen LogP contribution in [0.2, 0.25) is 0 Å². The Morgan fingerprint density at radius 1 is 1.02 bits per heavy atom. The van der Waals surface area contributed by atoms with Crippen molar-refractivity contribution in [2.75, 3.05) is 61.5 Å². The van der Waals surface area contributed by atoms with E-state index in [1.807, 2.05) is 10.9 Å². The van der Waals surface area contributed by atoms with Crippen LogP contribution in [-0.4, -0.2) is 87.9 Å². The molecule has 11 nitrogen and oxygen atoms in total. The number of likely N-dealkylation sites (tertiary alicyclic amines) is 1. The molecule has 0 amide bonds. The van der Waals surface area contributed by atoms with Crippen molar-refractivity contribution in [3.8, 4) is 0 Å². The van der Waals surface area contributed by atoms with Crippen molar-refractivity contribution in [2.45, 2.75) is 64.8 Å². The first-order valence-corrected chi connectivity index (χ1v) is 14.7. The highest BCUT2D eigenvalue weighted by Crippen LogP contribution is 2.23. The number of benzene rings is 1. The molecular weight excluding hydrogens is 504 g/mol. The Kier molecular flexibility index (Phi) is 10.2. The maximum Gasteiger partial charge on any atom is 0.226 e. The molecule has 2 fully saturated rings. The summed E-state index contributed by atoms with van der Waals surface area (Å²) in [7, 11) is 0. The van der Waals surface area contributed by atoms with Crippen LogP contribution in [0.3, 0.4) is 0 Å². The highest BCUT2D eigenvalue weighted by Gasteiger charge is 2.21. The lowest BCUT2D eigenvalue weighted by Crippen LogP contribution is -2.39. The van der Waals surface area contributed by atoms with Gasteiger partial charge in [0.1, 0.15) is 17.3 Å². The Bertz CT molecular complexity index is 1160. The minimum absolute atomic E-state index is 0.386. The molecule has 11 heteroatoms. The molecule has 0 aliphatic carbocycles. The van der Waals surface area contributed by atoms with Gasteiger partial charge in [0.2, 0.25) is 5.95 Å². The van der Waals surface area contributed by atoms with Crippen LogP contribution in [0, 0.1) is 0 Å². The van der Waals surface area contributed by atoms with E-state index in [1.165, 1.54) is 5.56 Å². The number of ether oxygens (including phenoxy) is 1. The molecule has 1 aromatic carbocycles. The second-order valence-electron chi connectivity index (χ2n) is 11.0. The van der Waals surface area contributed by atoms with Crippen molar-refractivity contribution in [3.63, 3.8) is 0 Å². The van der Waals surface area contributed by atoms with E-state index in [0.717, 1.165) is 82.4 Å². The molecule has 0 bridgehead atoms. The zero-order chi connectivity index (χ0) is 27.6. The lowest BCUT2D eigenvalue weighted by Gasteiger charge is -2.33. The molecular formula is C29H44N10O. The average Bonchev–Trinajstić information content (AvgIpc) is 3.44. The third-order valence-electron chi connectivity index (χ3n) is 7.37. The van der Waals surface area contributed by atoms with E-state index in [9.17, 15) is 0 Å². The molecule has 2 aromatic heterocycles. The fourth-order valence-electron chi connectivity index (χ4n) is 5.16. The van der Waals surface area contributed by atoms with Gasteiger partial charge in [-0.3, -0.25) is 9.58 Å². The maximum atomic E-state index is 5.57. The van der Waals surface area contributed by atoms with Crippen LogP contribution in [-0.2, 0) is 24.4 Å². The zero-order valence-corrected chi connectivity index (χ0v) is 23.9. The van der Waals surface area contributed by atoms with Gasteiger partial charge in [-0.15, -0.1) is 5.10 Å². The van der Waals surface area contributed by atoms with Gasteiger partial charge in [-0.25, -0.2) is 0 Å². The molecule has 2 aliphatic rings. The molecule has 2 aliphatic heterocycles. The van der Waals surface area contributed by atoms with Crippen molar-refractivity contribution in [3.05, 3.63) is 53.9 Å². The number of morpholine rings is 1. The van der Waals surface area contributed by atoms with Gasteiger partial charge in [-0.2, -0.15) is 9.97 Å². The molecule has 0 atom stereocenters. The third-order valence-corrected chi connectivity index (χ3v) is 7.37. The molecule has 0 saturated carbocycles. The Balaban J connectivity index is 1.18. The summed E-state index contributed by atoms with van der Waals surface area (Å²) in [5, 5.41) is 19.2. The van der Waals surface area contributed by atoms with Crippen LogP contribution in [0.15, 0.2) is 42.6 Å². The standard InChI is InChI=1S/C29H44N10O/c1-23(2)30-11-6-12-39-22-26(35-36-39)20-31-29-33-27(19-28(34-29)38-15-17-40-18-16-38)32-25-9-13-37(14-10-25)21-24-7-4-3-5-8-24/h3-5,7-8,19,22-23,25,30H,6,9-18,20-21H2,1-2H3,(H2,31,32,33,34). The van der Waals surface area contributed by atoms with E-state index in [2.05, 4.69) is 86.3 Å². The van der Waals surface area contributed by atoms with Gasteiger partial charge in [0.25, 0.3) is 0 Å². The lowest BCUT2D eigenvalue weighted by atomic mass is 10.0. The summed E-state index contributed by atoms with van der Waals surface area (Å²) in [6.07, 6.45) is 5.18.